The van der Waals surface area contributed by atoms with E-state index in [2.05, 4.69) is 10.3 Å². The largest absolute Gasteiger partial charge is 0.490 e. The lowest BCUT2D eigenvalue weighted by atomic mass is 10.1. The van der Waals surface area contributed by atoms with Gasteiger partial charge in [-0.1, -0.05) is 6.07 Å². The molecule has 4 aromatic rings. The molecule has 8 heteroatoms. The second kappa shape index (κ2) is 8.20. The second-order valence-corrected chi connectivity index (χ2v) is 8.03. The van der Waals surface area contributed by atoms with Gasteiger partial charge in [-0.3, -0.25) is 9.20 Å². The molecular formula is C20H21N3O3S2. The summed E-state index contributed by atoms with van der Waals surface area (Å²) in [5.41, 5.74) is 2.08. The average Bonchev–Trinajstić information content (AvgIpc) is 3.36. The molecule has 146 valence electrons. The van der Waals surface area contributed by atoms with Crippen LogP contribution in [0, 0.1) is 0 Å². The van der Waals surface area contributed by atoms with Gasteiger partial charge in [0.1, 0.15) is 4.83 Å². The Labute approximate surface area is 170 Å². The number of aromatic nitrogens is 2. The van der Waals surface area contributed by atoms with Crippen molar-refractivity contribution in [3.8, 4) is 11.5 Å². The lowest BCUT2D eigenvalue weighted by molar-refractivity contribution is 0.0958. The molecule has 1 N–H and O–H groups in total. The minimum atomic E-state index is -0.0667. The summed E-state index contributed by atoms with van der Waals surface area (Å²) in [5.74, 6) is 1.43. The predicted octanol–water partition coefficient (Wildman–Crippen LogP) is 4.38. The minimum Gasteiger partial charge on any atom is -0.490 e. The number of carbonyl (C=O) groups is 1. The molecule has 0 bridgehead atoms. The van der Waals surface area contributed by atoms with Crippen molar-refractivity contribution in [3.05, 3.63) is 46.3 Å². The van der Waals surface area contributed by atoms with Gasteiger partial charge in [0, 0.05) is 18.1 Å². The van der Waals surface area contributed by atoms with Crippen LogP contribution in [0.25, 0.3) is 15.3 Å². The van der Waals surface area contributed by atoms with Crippen molar-refractivity contribution < 1.29 is 14.3 Å². The number of hydrogen-bond acceptors (Lipinski definition) is 6. The van der Waals surface area contributed by atoms with Crippen LogP contribution in [0.3, 0.4) is 0 Å². The molecule has 0 aliphatic heterocycles. The number of nitrogens with zero attached hydrogens (tertiary/aromatic N) is 2. The van der Waals surface area contributed by atoms with Crippen molar-refractivity contribution in [2.45, 2.75) is 20.3 Å². The molecule has 0 saturated carbocycles. The minimum absolute atomic E-state index is 0.0667. The Morgan fingerprint density at radius 3 is 2.82 bits per heavy atom. The number of rotatable bonds is 8. The van der Waals surface area contributed by atoms with Crippen molar-refractivity contribution in [2.24, 2.45) is 0 Å². The van der Waals surface area contributed by atoms with E-state index < -0.39 is 0 Å². The van der Waals surface area contributed by atoms with Gasteiger partial charge in [-0.2, -0.15) is 0 Å². The summed E-state index contributed by atoms with van der Waals surface area (Å²) in [6, 6.07) is 7.82. The Kier molecular flexibility index (Phi) is 5.50. The monoisotopic (exact) mass is 415 g/mol. The number of imidazole rings is 1. The van der Waals surface area contributed by atoms with Crippen LogP contribution in [-0.4, -0.2) is 35.1 Å². The molecule has 0 fully saturated rings. The molecule has 3 aromatic heterocycles. The van der Waals surface area contributed by atoms with Gasteiger partial charge in [0.15, 0.2) is 16.5 Å². The fourth-order valence-electron chi connectivity index (χ4n) is 3.02. The van der Waals surface area contributed by atoms with Crippen molar-refractivity contribution >= 4 is 43.9 Å². The lowest BCUT2D eigenvalue weighted by Crippen LogP contribution is -2.24. The van der Waals surface area contributed by atoms with Crippen molar-refractivity contribution in [3.63, 3.8) is 0 Å². The highest BCUT2D eigenvalue weighted by Gasteiger charge is 2.15. The number of ether oxygens (including phenoxy) is 2. The third-order valence-electron chi connectivity index (χ3n) is 4.27. The molecule has 6 nitrogen and oxygen atoms in total. The molecular weight excluding hydrogens is 394 g/mol. The zero-order chi connectivity index (χ0) is 19.5. The van der Waals surface area contributed by atoms with Crippen molar-refractivity contribution in [1.29, 1.82) is 0 Å². The molecule has 0 radical (unpaired) electrons. The highest BCUT2D eigenvalue weighted by atomic mass is 32.1. The van der Waals surface area contributed by atoms with E-state index in [9.17, 15) is 4.79 Å². The maximum absolute atomic E-state index is 12.5. The third-order valence-corrected chi connectivity index (χ3v) is 6.04. The highest BCUT2D eigenvalue weighted by molar-refractivity contribution is 7.21. The first-order valence-corrected chi connectivity index (χ1v) is 10.9. The summed E-state index contributed by atoms with van der Waals surface area (Å²) in [4.78, 5) is 19.6. The Morgan fingerprint density at radius 2 is 2.00 bits per heavy atom. The molecule has 28 heavy (non-hydrogen) atoms. The average molecular weight is 416 g/mol. The van der Waals surface area contributed by atoms with E-state index in [1.54, 1.807) is 11.3 Å². The molecule has 1 aromatic carbocycles. The summed E-state index contributed by atoms with van der Waals surface area (Å²) in [6.45, 7) is 5.63. The fourth-order valence-corrected chi connectivity index (χ4v) is 4.73. The van der Waals surface area contributed by atoms with Crippen LogP contribution in [-0.2, 0) is 6.42 Å². The quantitative estimate of drug-likeness (QED) is 0.464. The number of nitrogens with one attached hydrogen (secondary N) is 1. The molecule has 0 aliphatic rings. The molecule has 0 spiro atoms. The van der Waals surface area contributed by atoms with Crippen LogP contribution >= 0.6 is 22.7 Å². The maximum Gasteiger partial charge on any atom is 0.261 e. The lowest BCUT2D eigenvalue weighted by Gasteiger charge is -2.12. The fraction of sp³-hybridized carbons (Fsp3) is 0.300. The van der Waals surface area contributed by atoms with Crippen LogP contribution in [0.5, 0.6) is 11.5 Å². The van der Waals surface area contributed by atoms with Crippen LogP contribution < -0.4 is 14.8 Å². The number of thiazole rings is 1. The van der Waals surface area contributed by atoms with Gasteiger partial charge in [0.2, 0.25) is 0 Å². The van der Waals surface area contributed by atoms with Gasteiger partial charge < -0.3 is 14.8 Å². The summed E-state index contributed by atoms with van der Waals surface area (Å²) in [5, 5.41) is 4.99. The molecule has 1 amide bonds. The SMILES string of the molecule is CCOc1ccc(CCNC(=O)c2cc3c(nc4sccn43)s2)cc1OCC. The maximum atomic E-state index is 12.5. The van der Waals surface area contributed by atoms with E-state index in [1.807, 2.05) is 54.1 Å². The molecule has 3 heterocycles. The van der Waals surface area contributed by atoms with Crippen molar-refractivity contribution in [2.75, 3.05) is 19.8 Å². The molecule has 0 atom stereocenters. The smallest absolute Gasteiger partial charge is 0.261 e. The Hall–Kier alpha value is -2.58. The van der Waals surface area contributed by atoms with E-state index in [1.165, 1.54) is 11.3 Å². The Balaban J connectivity index is 1.39. The van der Waals surface area contributed by atoms with Gasteiger partial charge in [0.05, 0.1) is 23.6 Å². The van der Waals surface area contributed by atoms with Gasteiger partial charge in [-0.05, 0) is 44.0 Å². The number of carbonyl (C=O) groups excluding carboxylic acids is 1. The van der Waals surface area contributed by atoms with Gasteiger partial charge in [0.25, 0.3) is 5.91 Å². The topological polar surface area (TPSA) is 64.9 Å². The van der Waals surface area contributed by atoms with E-state index in [-0.39, 0.29) is 5.91 Å². The van der Waals surface area contributed by atoms with Gasteiger partial charge >= 0.3 is 0 Å². The van der Waals surface area contributed by atoms with Gasteiger partial charge in [-0.25, -0.2) is 4.98 Å². The van der Waals surface area contributed by atoms with Crippen LogP contribution in [0.2, 0.25) is 0 Å². The zero-order valence-corrected chi connectivity index (χ0v) is 17.4. The van der Waals surface area contributed by atoms with Crippen LogP contribution in [0.4, 0.5) is 0 Å². The van der Waals surface area contributed by atoms with E-state index in [0.717, 1.165) is 38.8 Å². The van der Waals surface area contributed by atoms with Crippen molar-refractivity contribution in [1.82, 2.24) is 14.7 Å². The third kappa shape index (κ3) is 3.70. The first kappa shape index (κ1) is 18.8. The van der Waals surface area contributed by atoms with E-state index in [4.69, 9.17) is 9.47 Å². The zero-order valence-electron chi connectivity index (χ0n) is 15.7. The normalized spacial score (nSPS) is 11.2. The predicted molar refractivity (Wildman–Crippen MR) is 113 cm³/mol. The molecule has 4 rings (SSSR count). The highest BCUT2D eigenvalue weighted by Crippen LogP contribution is 2.29. The Bertz CT molecular complexity index is 1110. The molecule has 0 saturated heterocycles. The van der Waals surface area contributed by atoms with E-state index >= 15 is 0 Å². The number of amides is 1. The standard InChI is InChI=1S/C20H21N3O3S2/c1-3-25-15-6-5-13(11-16(15)26-4-2)7-8-21-18(24)17-12-14-19(28-17)22-20-23(14)9-10-27-20/h5-6,9-12H,3-4,7-8H2,1-2H3,(H,21,24). The summed E-state index contributed by atoms with van der Waals surface area (Å²) in [7, 11) is 0. The number of thiophene rings is 1. The molecule has 0 unspecified atom stereocenters. The summed E-state index contributed by atoms with van der Waals surface area (Å²) < 4.78 is 13.3. The van der Waals surface area contributed by atoms with Crippen LogP contribution in [0.1, 0.15) is 29.1 Å². The Morgan fingerprint density at radius 1 is 1.18 bits per heavy atom. The molecule has 0 aliphatic carbocycles. The van der Waals surface area contributed by atoms with E-state index in [0.29, 0.717) is 24.6 Å². The number of hydrogen-bond donors (Lipinski definition) is 1. The summed E-state index contributed by atoms with van der Waals surface area (Å²) in [6.07, 6.45) is 2.70. The first-order chi connectivity index (χ1) is 13.7. The van der Waals surface area contributed by atoms with Gasteiger partial charge in [-0.15, -0.1) is 22.7 Å². The van der Waals surface area contributed by atoms with Crippen LogP contribution in [0.15, 0.2) is 35.8 Å². The number of fused-ring (bicyclic) bond motifs is 3. The first-order valence-electron chi connectivity index (χ1n) is 9.21. The number of benzene rings is 1. The second-order valence-electron chi connectivity index (χ2n) is 6.12. The summed E-state index contributed by atoms with van der Waals surface area (Å²) >= 11 is 3.02.